The molecule has 1 aliphatic heterocycles. The molecule has 24 heavy (non-hydrogen) atoms. The molecule has 0 bridgehead atoms. The van der Waals surface area contributed by atoms with Crippen molar-refractivity contribution in [3.8, 4) is 11.3 Å². The van der Waals surface area contributed by atoms with Gasteiger partial charge in [-0.2, -0.15) is 0 Å². The standard InChI is InChI=1S/C18H22ClN3O2/c1-21(2)18(23)14-7-9-22(10-8-14)12-16-11-17(20-24-16)13-3-5-15(19)6-4-13/h3-6,11,14H,7-10,12H2,1-2H3. The highest BCUT2D eigenvalue weighted by molar-refractivity contribution is 6.30. The van der Waals surface area contributed by atoms with Crippen LogP contribution in [-0.4, -0.2) is 48.0 Å². The number of piperidine rings is 1. The third-order valence-electron chi connectivity index (χ3n) is 4.46. The summed E-state index contributed by atoms with van der Waals surface area (Å²) < 4.78 is 5.46. The minimum absolute atomic E-state index is 0.149. The molecule has 1 amide bonds. The van der Waals surface area contributed by atoms with Crippen LogP contribution >= 0.6 is 11.6 Å². The molecule has 3 rings (SSSR count). The number of benzene rings is 1. The van der Waals surface area contributed by atoms with E-state index in [2.05, 4.69) is 10.1 Å². The zero-order chi connectivity index (χ0) is 17.1. The molecule has 5 nitrogen and oxygen atoms in total. The lowest BCUT2D eigenvalue weighted by Gasteiger charge is -2.31. The van der Waals surface area contributed by atoms with E-state index in [0.717, 1.165) is 49.5 Å². The van der Waals surface area contributed by atoms with Gasteiger partial charge in [0, 0.05) is 36.7 Å². The Kier molecular flexibility index (Phi) is 5.21. The van der Waals surface area contributed by atoms with Gasteiger partial charge in [-0.05, 0) is 38.1 Å². The molecule has 0 N–H and O–H groups in total. The Hall–Kier alpha value is -1.85. The molecule has 0 unspecified atom stereocenters. The molecule has 1 aromatic heterocycles. The molecule has 2 heterocycles. The predicted octanol–water partition coefficient (Wildman–Crippen LogP) is 3.30. The van der Waals surface area contributed by atoms with Gasteiger partial charge in [-0.3, -0.25) is 9.69 Å². The second-order valence-corrected chi connectivity index (χ2v) is 6.90. The van der Waals surface area contributed by atoms with E-state index in [0.29, 0.717) is 5.02 Å². The molecule has 2 aromatic rings. The minimum atomic E-state index is 0.149. The Labute approximate surface area is 147 Å². The Balaban J connectivity index is 1.56. The quantitative estimate of drug-likeness (QED) is 0.851. The first-order chi connectivity index (χ1) is 11.5. The largest absolute Gasteiger partial charge is 0.359 e. The number of carbonyl (C=O) groups excluding carboxylic acids is 1. The second kappa shape index (κ2) is 7.36. The fourth-order valence-electron chi connectivity index (χ4n) is 3.07. The van der Waals surface area contributed by atoms with Crippen molar-refractivity contribution in [3.05, 3.63) is 41.1 Å². The van der Waals surface area contributed by atoms with Crippen LogP contribution in [0.25, 0.3) is 11.3 Å². The molecule has 6 heteroatoms. The summed E-state index contributed by atoms with van der Waals surface area (Å²) in [5, 5.41) is 4.85. The van der Waals surface area contributed by atoms with Gasteiger partial charge in [0.2, 0.25) is 5.91 Å². The number of carbonyl (C=O) groups is 1. The highest BCUT2D eigenvalue weighted by atomic mass is 35.5. The van der Waals surface area contributed by atoms with E-state index in [1.807, 2.05) is 44.4 Å². The Morgan fingerprint density at radius 2 is 1.96 bits per heavy atom. The monoisotopic (exact) mass is 347 g/mol. The molecule has 0 spiro atoms. The van der Waals surface area contributed by atoms with Crippen LogP contribution in [0.5, 0.6) is 0 Å². The van der Waals surface area contributed by atoms with E-state index >= 15 is 0 Å². The van der Waals surface area contributed by atoms with Gasteiger partial charge >= 0.3 is 0 Å². The van der Waals surface area contributed by atoms with Crippen LogP contribution in [-0.2, 0) is 11.3 Å². The van der Waals surface area contributed by atoms with Crippen LogP contribution < -0.4 is 0 Å². The van der Waals surface area contributed by atoms with Gasteiger partial charge in [-0.25, -0.2) is 0 Å². The lowest BCUT2D eigenvalue weighted by atomic mass is 9.95. The van der Waals surface area contributed by atoms with Gasteiger partial charge in [-0.1, -0.05) is 28.9 Å². The van der Waals surface area contributed by atoms with Crippen LogP contribution in [0.1, 0.15) is 18.6 Å². The van der Waals surface area contributed by atoms with Gasteiger partial charge < -0.3 is 9.42 Å². The zero-order valence-corrected chi connectivity index (χ0v) is 14.8. The Morgan fingerprint density at radius 3 is 2.58 bits per heavy atom. The van der Waals surface area contributed by atoms with E-state index in [4.69, 9.17) is 16.1 Å². The molecule has 0 atom stereocenters. The number of rotatable bonds is 4. The molecule has 128 valence electrons. The zero-order valence-electron chi connectivity index (χ0n) is 14.0. The van der Waals surface area contributed by atoms with Crippen molar-refractivity contribution >= 4 is 17.5 Å². The second-order valence-electron chi connectivity index (χ2n) is 6.47. The average molecular weight is 348 g/mol. The van der Waals surface area contributed by atoms with Gasteiger partial charge in [0.15, 0.2) is 5.76 Å². The van der Waals surface area contributed by atoms with Gasteiger partial charge in [-0.15, -0.1) is 0 Å². The van der Waals surface area contributed by atoms with Crippen LogP contribution in [0.3, 0.4) is 0 Å². The highest BCUT2D eigenvalue weighted by Gasteiger charge is 2.26. The maximum atomic E-state index is 12.0. The normalized spacial score (nSPS) is 16.3. The number of amides is 1. The summed E-state index contributed by atoms with van der Waals surface area (Å²) in [5.74, 6) is 1.23. The number of hydrogen-bond acceptors (Lipinski definition) is 4. The van der Waals surface area contributed by atoms with Crippen LogP contribution in [0.15, 0.2) is 34.9 Å². The number of nitrogens with zero attached hydrogens (tertiary/aromatic N) is 3. The minimum Gasteiger partial charge on any atom is -0.359 e. The maximum absolute atomic E-state index is 12.0. The van der Waals surface area contributed by atoms with Crippen LogP contribution in [0.4, 0.5) is 0 Å². The summed E-state index contributed by atoms with van der Waals surface area (Å²) in [7, 11) is 3.64. The first-order valence-electron chi connectivity index (χ1n) is 8.18. The van der Waals surface area contributed by atoms with E-state index < -0.39 is 0 Å². The molecule has 1 saturated heterocycles. The molecule has 0 saturated carbocycles. The Morgan fingerprint density at radius 1 is 1.29 bits per heavy atom. The fraction of sp³-hybridized carbons (Fsp3) is 0.444. The highest BCUT2D eigenvalue weighted by Crippen LogP contribution is 2.24. The molecule has 1 aliphatic rings. The van der Waals surface area contributed by atoms with Crippen molar-refractivity contribution in [2.45, 2.75) is 19.4 Å². The maximum Gasteiger partial charge on any atom is 0.225 e. The number of aromatic nitrogens is 1. The van der Waals surface area contributed by atoms with E-state index in [-0.39, 0.29) is 11.8 Å². The molecular formula is C18H22ClN3O2. The molecule has 0 radical (unpaired) electrons. The molecule has 0 aliphatic carbocycles. The van der Waals surface area contributed by atoms with E-state index in [9.17, 15) is 4.79 Å². The van der Waals surface area contributed by atoms with Gasteiger partial charge in [0.25, 0.3) is 0 Å². The summed E-state index contributed by atoms with van der Waals surface area (Å²) in [5.41, 5.74) is 1.81. The third kappa shape index (κ3) is 3.97. The summed E-state index contributed by atoms with van der Waals surface area (Å²) in [6, 6.07) is 9.53. The fourth-order valence-corrected chi connectivity index (χ4v) is 3.19. The van der Waals surface area contributed by atoms with Crippen molar-refractivity contribution in [1.29, 1.82) is 0 Å². The first-order valence-corrected chi connectivity index (χ1v) is 8.56. The SMILES string of the molecule is CN(C)C(=O)C1CCN(Cc2cc(-c3ccc(Cl)cc3)no2)CC1. The average Bonchev–Trinajstić information content (AvgIpc) is 3.04. The summed E-state index contributed by atoms with van der Waals surface area (Å²) in [6.07, 6.45) is 1.80. The summed E-state index contributed by atoms with van der Waals surface area (Å²) >= 11 is 5.91. The smallest absolute Gasteiger partial charge is 0.225 e. The molecule has 1 aromatic carbocycles. The third-order valence-corrected chi connectivity index (χ3v) is 4.71. The van der Waals surface area contributed by atoms with E-state index in [1.54, 1.807) is 4.90 Å². The number of halogens is 1. The van der Waals surface area contributed by atoms with Crippen LogP contribution in [0, 0.1) is 5.92 Å². The van der Waals surface area contributed by atoms with Crippen molar-refractivity contribution < 1.29 is 9.32 Å². The molecule has 1 fully saturated rings. The topological polar surface area (TPSA) is 49.6 Å². The first kappa shape index (κ1) is 17.0. The van der Waals surface area contributed by atoms with Crippen molar-refractivity contribution in [1.82, 2.24) is 15.0 Å². The summed E-state index contributed by atoms with van der Waals surface area (Å²) in [6.45, 7) is 2.53. The lowest BCUT2D eigenvalue weighted by Crippen LogP contribution is -2.39. The van der Waals surface area contributed by atoms with Crippen molar-refractivity contribution in [3.63, 3.8) is 0 Å². The molecular weight excluding hydrogens is 326 g/mol. The van der Waals surface area contributed by atoms with Crippen molar-refractivity contribution in [2.24, 2.45) is 5.92 Å². The predicted molar refractivity (Wildman–Crippen MR) is 93.6 cm³/mol. The summed E-state index contributed by atoms with van der Waals surface area (Å²) in [4.78, 5) is 16.0. The van der Waals surface area contributed by atoms with Gasteiger partial charge in [0.05, 0.1) is 6.54 Å². The van der Waals surface area contributed by atoms with Crippen molar-refractivity contribution in [2.75, 3.05) is 27.2 Å². The Bertz CT molecular complexity index is 689. The van der Waals surface area contributed by atoms with Gasteiger partial charge in [0.1, 0.15) is 5.69 Å². The lowest BCUT2D eigenvalue weighted by molar-refractivity contribution is -0.134. The van der Waals surface area contributed by atoms with Crippen LogP contribution in [0.2, 0.25) is 5.02 Å². The number of hydrogen-bond donors (Lipinski definition) is 0. The van der Waals surface area contributed by atoms with E-state index in [1.165, 1.54) is 0 Å². The number of likely N-dealkylation sites (tertiary alicyclic amines) is 1.